The second-order valence-electron chi connectivity index (χ2n) is 6.41. The van der Waals surface area contributed by atoms with Gasteiger partial charge in [0.15, 0.2) is 5.60 Å². The van der Waals surface area contributed by atoms with Crippen molar-refractivity contribution in [2.45, 2.75) is 32.4 Å². The number of para-hydroxylation sites is 2. The number of rotatable bonds is 5. The van der Waals surface area contributed by atoms with E-state index in [-0.39, 0.29) is 18.7 Å². The monoisotopic (exact) mass is 339 g/mol. The van der Waals surface area contributed by atoms with E-state index in [9.17, 15) is 14.7 Å². The molecule has 0 aromatic heterocycles. The van der Waals surface area contributed by atoms with E-state index in [0.29, 0.717) is 17.0 Å². The highest BCUT2D eigenvalue weighted by molar-refractivity contribution is 6.09. The minimum absolute atomic E-state index is 0.231. The zero-order valence-corrected chi connectivity index (χ0v) is 14.6. The predicted molar refractivity (Wildman–Crippen MR) is 94.6 cm³/mol. The highest BCUT2D eigenvalue weighted by atomic mass is 16.5. The zero-order valence-electron chi connectivity index (χ0n) is 14.6. The molecular weight excluding hydrogens is 318 g/mol. The van der Waals surface area contributed by atoms with Crippen molar-refractivity contribution in [1.29, 1.82) is 0 Å². The van der Waals surface area contributed by atoms with Gasteiger partial charge in [-0.15, -0.1) is 0 Å². The molecule has 130 valence electrons. The number of anilines is 1. The molecule has 1 heterocycles. The molecule has 0 aliphatic carbocycles. The maximum absolute atomic E-state index is 13.1. The number of methoxy groups -OCH3 is 1. The molecule has 0 bridgehead atoms. The third-order valence-corrected chi connectivity index (χ3v) is 4.58. The zero-order chi connectivity index (χ0) is 18.2. The summed E-state index contributed by atoms with van der Waals surface area (Å²) in [6.45, 7) is 3.53. The van der Waals surface area contributed by atoms with Crippen molar-refractivity contribution in [3.63, 3.8) is 0 Å². The molecule has 25 heavy (non-hydrogen) atoms. The van der Waals surface area contributed by atoms with Crippen molar-refractivity contribution >= 4 is 17.4 Å². The molecule has 0 radical (unpaired) electrons. The molecular formula is C20H21NO4. The summed E-state index contributed by atoms with van der Waals surface area (Å²) in [5.41, 5.74) is 1.06. The second kappa shape index (κ2) is 6.33. The predicted octanol–water partition coefficient (Wildman–Crippen LogP) is 2.72. The Kier molecular flexibility index (Phi) is 4.35. The van der Waals surface area contributed by atoms with Crippen molar-refractivity contribution in [3.8, 4) is 5.75 Å². The van der Waals surface area contributed by atoms with Gasteiger partial charge in [0.25, 0.3) is 5.91 Å². The lowest BCUT2D eigenvalue weighted by Gasteiger charge is -2.23. The number of carbonyl (C=O) groups excluding carboxylic acids is 2. The summed E-state index contributed by atoms with van der Waals surface area (Å²) in [4.78, 5) is 26.3. The van der Waals surface area contributed by atoms with Crippen LogP contribution in [0.25, 0.3) is 0 Å². The van der Waals surface area contributed by atoms with Crippen molar-refractivity contribution in [1.82, 2.24) is 0 Å². The largest absolute Gasteiger partial charge is 0.496 e. The van der Waals surface area contributed by atoms with Crippen molar-refractivity contribution in [2.24, 2.45) is 0 Å². The number of aliphatic hydroxyl groups is 1. The first-order valence-corrected chi connectivity index (χ1v) is 8.14. The topological polar surface area (TPSA) is 66.8 Å². The van der Waals surface area contributed by atoms with Crippen LogP contribution in [0.1, 0.15) is 30.0 Å². The van der Waals surface area contributed by atoms with E-state index in [2.05, 4.69) is 0 Å². The Morgan fingerprint density at radius 2 is 1.92 bits per heavy atom. The second-order valence-corrected chi connectivity index (χ2v) is 6.41. The molecule has 3 rings (SSSR count). The van der Waals surface area contributed by atoms with Gasteiger partial charge in [-0.1, -0.05) is 36.4 Å². The van der Waals surface area contributed by atoms with Crippen LogP contribution in [-0.4, -0.2) is 23.9 Å². The molecule has 0 saturated carbocycles. The molecule has 1 aliphatic rings. The Labute approximate surface area is 146 Å². The highest BCUT2D eigenvalue weighted by Gasteiger charge is 2.50. The Bertz CT molecular complexity index is 845. The van der Waals surface area contributed by atoms with Crippen molar-refractivity contribution in [3.05, 3.63) is 59.2 Å². The van der Waals surface area contributed by atoms with E-state index in [1.54, 1.807) is 24.1 Å². The van der Waals surface area contributed by atoms with E-state index in [1.165, 1.54) is 6.92 Å². The van der Waals surface area contributed by atoms with Gasteiger partial charge in [-0.05, 0) is 25.5 Å². The van der Waals surface area contributed by atoms with Gasteiger partial charge in [0.1, 0.15) is 11.5 Å². The van der Waals surface area contributed by atoms with Crippen LogP contribution in [0.4, 0.5) is 5.69 Å². The van der Waals surface area contributed by atoms with Crippen LogP contribution in [0.3, 0.4) is 0 Å². The summed E-state index contributed by atoms with van der Waals surface area (Å²) in [7, 11) is 1.58. The van der Waals surface area contributed by atoms with Crippen molar-refractivity contribution in [2.75, 3.05) is 12.0 Å². The summed E-state index contributed by atoms with van der Waals surface area (Å²) >= 11 is 0. The number of amides is 1. The number of Topliss-reactive ketones (excluding diaryl/α,β-unsaturated/α-hetero) is 1. The smallest absolute Gasteiger partial charge is 0.264 e. The van der Waals surface area contributed by atoms with Gasteiger partial charge in [-0.3, -0.25) is 9.59 Å². The van der Waals surface area contributed by atoms with Crippen molar-refractivity contribution < 1.29 is 19.4 Å². The molecule has 5 nitrogen and oxygen atoms in total. The standard InChI is InChI=1S/C20H21NO4/c1-13-7-6-9-16-18(13)21(19(23)20(16,24)11-14(2)22)12-15-8-4-5-10-17(15)25-3/h4-10,24H,11-12H2,1-3H3. The normalized spacial score (nSPS) is 19.0. The summed E-state index contributed by atoms with van der Waals surface area (Å²) in [5.74, 6) is -0.0344. The fraction of sp³-hybridized carbons (Fsp3) is 0.300. The van der Waals surface area contributed by atoms with Crippen LogP contribution < -0.4 is 9.64 Å². The molecule has 1 amide bonds. The van der Waals surface area contributed by atoms with E-state index in [1.807, 2.05) is 37.3 Å². The number of aryl methyl sites for hydroxylation is 1. The Hall–Kier alpha value is -2.66. The Morgan fingerprint density at radius 3 is 2.60 bits per heavy atom. The van der Waals surface area contributed by atoms with Gasteiger partial charge in [-0.25, -0.2) is 0 Å². The molecule has 1 N–H and O–H groups in total. The number of carbonyl (C=O) groups is 2. The Morgan fingerprint density at radius 1 is 1.20 bits per heavy atom. The first-order chi connectivity index (χ1) is 11.9. The van der Waals surface area contributed by atoms with Gasteiger partial charge in [0, 0.05) is 17.5 Å². The lowest BCUT2D eigenvalue weighted by atomic mass is 9.89. The van der Waals surface area contributed by atoms with E-state index < -0.39 is 11.5 Å². The molecule has 0 fully saturated rings. The first kappa shape index (κ1) is 17.2. The summed E-state index contributed by atoms with van der Waals surface area (Å²) in [6, 6.07) is 12.8. The molecule has 1 unspecified atom stereocenters. The number of ether oxygens (including phenoxy) is 1. The number of nitrogens with zero attached hydrogens (tertiary/aromatic N) is 1. The lowest BCUT2D eigenvalue weighted by molar-refractivity contribution is -0.141. The van der Waals surface area contributed by atoms with Gasteiger partial charge in [0.05, 0.1) is 19.3 Å². The summed E-state index contributed by atoms with van der Waals surface area (Å²) in [5, 5.41) is 11.0. The molecule has 0 spiro atoms. The highest BCUT2D eigenvalue weighted by Crippen LogP contribution is 2.45. The van der Waals surface area contributed by atoms with Crippen LogP contribution in [-0.2, 0) is 21.7 Å². The number of hydrogen-bond acceptors (Lipinski definition) is 4. The maximum Gasteiger partial charge on any atom is 0.264 e. The van der Waals surface area contributed by atoms with Gasteiger partial charge >= 0.3 is 0 Å². The minimum atomic E-state index is -1.81. The average molecular weight is 339 g/mol. The third kappa shape index (κ3) is 2.81. The van der Waals surface area contributed by atoms with Crippen LogP contribution in [0.15, 0.2) is 42.5 Å². The SMILES string of the molecule is COc1ccccc1CN1C(=O)C(O)(CC(C)=O)c2cccc(C)c21. The van der Waals surface area contributed by atoms with Crippen LogP contribution in [0.5, 0.6) is 5.75 Å². The number of fused-ring (bicyclic) bond motifs is 1. The summed E-state index contributed by atoms with van der Waals surface area (Å²) in [6.07, 6.45) is -0.231. The maximum atomic E-state index is 13.1. The lowest BCUT2D eigenvalue weighted by Crippen LogP contribution is -2.41. The van der Waals surface area contributed by atoms with Crippen LogP contribution in [0.2, 0.25) is 0 Å². The molecule has 2 aromatic carbocycles. The number of benzene rings is 2. The molecule has 0 saturated heterocycles. The molecule has 2 aromatic rings. The van der Waals surface area contributed by atoms with Gasteiger partial charge in [0.2, 0.25) is 0 Å². The molecule has 1 atom stereocenters. The van der Waals surface area contributed by atoms with Gasteiger partial charge < -0.3 is 14.7 Å². The Balaban J connectivity index is 2.09. The number of hydrogen-bond donors (Lipinski definition) is 1. The third-order valence-electron chi connectivity index (χ3n) is 4.58. The summed E-state index contributed by atoms with van der Waals surface area (Å²) < 4.78 is 5.37. The van der Waals surface area contributed by atoms with E-state index in [0.717, 1.165) is 11.1 Å². The molecule has 1 aliphatic heterocycles. The van der Waals surface area contributed by atoms with Crippen LogP contribution >= 0.6 is 0 Å². The number of ketones is 1. The van der Waals surface area contributed by atoms with Crippen LogP contribution in [0, 0.1) is 6.92 Å². The van der Waals surface area contributed by atoms with E-state index >= 15 is 0 Å². The average Bonchev–Trinajstić information content (AvgIpc) is 2.78. The van der Waals surface area contributed by atoms with Gasteiger partial charge in [-0.2, -0.15) is 0 Å². The molecule has 5 heteroatoms. The van der Waals surface area contributed by atoms with E-state index in [4.69, 9.17) is 4.74 Å². The fourth-order valence-electron chi connectivity index (χ4n) is 3.48. The quantitative estimate of drug-likeness (QED) is 0.909. The first-order valence-electron chi connectivity index (χ1n) is 8.14. The fourth-order valence-corrected chi connectivity index (χ4v) is 3.48. The minimum Gasteiger partial charge on any atom is -0.496 e.